The lowest BCUT2D eigenvalue weighted by atomic mass is 10.1. The first-order valence-electron chi connectivity index (χ1n) is 4.56. The Morgan fingerprint density at radius 3 is 2.92 bits per heavy atom. The molecule has 1 fully saturated rings. The summed E-state index contributed by atoms with van der Waals surface area (Å²) in [6.45, 7) is 4.50. The Morgan fingerprint density at radius 1 is 1.67 bits per heavy atom. The van der Waals surface area contributed by atoms with Gasteiger partial charge in [-0.1, -0.05) is 0 Å². The predicted molar refractivity (Wildman–Crippen MR) is 46.9 cm³/mol. The van der Waals surface area contributed by atoms with E-state index >= 15 is 0 Å². The second kappa shape index (κ2) is 4.45. The molecule has 1 saturated heterocycles. The second-order valence-electron chi connectivity index (χ2n) is 3.43. The van der Waals surface area contributed by atoms with Gasteiger partial charge in [-0.2, -0.15) is 0 Å². The number of rotatable bonds is 3. The van der Waals surface area contributed by atoms with E-state index in [-0.39, 0.29) is 5.97 Å². The Morgan fingerprint density at radius 2 is 2.42 bits per heavy atom. The maximum Gasteiger partial charge on any atom is 0.306 e. The molecule has 0 spiro atoms. The van der Waals surface area contributed by atoms with E-state index in [0.717, 1.165) is 19.5 Å². The molecule has 1 heterocycles. The summed E-state index contributed by atoms with van der Waals surface area (Å²) in [7, 11) is 2.09. The van der Waals surface area contributed by atoms with Crippen LogP contribution in [0.1, 0.15) is 19.8 Å². The molecule has 1 atom stereocenters. The summed E-state index contributed by atoms with van der Waals surface area (Å²) in [5, 5.41) is 0. The van der Waals surface area contributed by atoms with Crippen molar-refractivity contribution in [3.05, 3.63) is 0 Å². The average Bonchev–Trinajstić information content (AvgIpc) is 2.36. The van der Waals surface area contributed by atoms with Gasteiger partial charge in [0.2, 0.25) is 0 Å². The van der Waals surface area contributed by atoms with Crippen LogP contribution < -0.4 is 0 Å². The fourth-order valence-corrected chi connectivity index (χ4v) is 1.65. The Labute approximate surface area is 73.7 Å². The quantitative estimate of drug-likeness (QED) is 0.591. The molecular formula is C9H17NO2. The van der Waals surface area contributed by atoms with Crippen LogP contribution in [-0.4, -0.2) is 37.6 Å². The Bertz CT molecular complexity index is 159. The van der Waals surface area contributed by atoms with Crippen molar-refractivity contribution in [2.75, 3.05) is 26.7 Å². The topological polar surface area (TPSA) is 29.5 Å². The molecule has 12 heavy (non-hydrogen) atoms. The van der Waals surface area contributed by atoms with Crippen LogP contribution >= 0.6 is 0 Å². The van der Waals surface area contributed by atoms with Gasteiger partial charge in [-0.15, -0.1) is 0 Å². The zero-order valence-electron chi connectivity index (χ0n) is 7.88. The summed E-state index contributed by atoms with van der Waals surface area (Å²) in [6, 6.07) is 0. The number of carbonyl (C=O) groups excluding carboxylic acids is 1. The summed E-state index contributed by atoms with van der Waals surface area (Å²) >= 11 is 0. The molecule has 70 valence electrons. The summed E-state index contributed by atoms with van der Waals surface area (Å²) in [5.74, 6) is 0.479. The van der Waals surface area contributed by atoms with Crippen molar-refractivity contribution in [3.8, 4) is 0 Å². The van der Waals surface area contributed by atoms with E-state index in [9.17, 15) is 4.79 Å². The number of esters is 1. The standard InChI is InChI=1S/C9H17NO2/c1-3-12-9(11)6-8-4-5-10(2)7-8/h8H,3-7H2,1-2H3/t8-/m1/s1. The molecule has 3 heteroatoms. The van der Waals surface area contributed by atoms with Gasteiger partial charge < -0.3 is 9.64 Å². The second-order valence-corrected chi connectivity index (χ2v) is 3.43. The molecule has 0 aromatic rings. The fourth-order valence-electron chi connectivity index (χ4n) is 1.65. The van der Waals surface area contributed by atoms with Crippen molar-refractivity contribution in [2.24, 2.45) is 5.92 Å². The van der Waals surface area contributed by atoms with E-state index in [1.807, 2.05) is 6.92 Å². The lowest BCUT2D eigenvalue weighted by Crippen LogP contribution is -2.16. The van der Waals surface area contributed by atoms with Gasteiger partial charge in [0.1, 0.15) is 0 Å². The molecule has 0 unspecified atom stereocenters. The maximum absolute atomic E-state index is 11.1. The Kier molecular flexibility index (Phi) is 3.53. The van der Waals surface area contributed by atoms with Crippen LogP contribution in [0.4, 0.5) is 0 Å². The molecule has 1 aliphatic heterocycles. The first-order chi connectivity index (χ1) is 5.72. The molecule has 1 aliphatic rings. The molecule has 0 amide bonds. The van der Waals surface area contributed by atoms with Crippen molar-refractivity contribution in [3.63, 3.8) is 0 Å². The predicted octanol–water partition coefficient (Wildman–Crippen LogP) is 0.891. The first-order valence-corrected chi connectivity index (χ1v) is 4.56. The fraction of sp³-hybridized carbons (Fsp3) is 0.889. The molecule has 0 aromatic heterocycles. The molecule has 1 rings (SSSR count). The van der Waals surface area contributed by atoms with Gasteiger partial charge >= 0.3 is 5.97 Å². The zero-order chi connectivity index (χ0) is 8.97. The van der Waals surface area contributed by atoms with Crippen molar-refractivity contribution in [2.45, 2.75) is 19.8 Å². The number of nitrogens with zero attached hydrogens (tertiary/aromatic N) is 1. The van der Waals surface area contributed by atoms with Crippen LogP contribution in [0.2, 0.25) is 0 Å². The van der Waals surface area contributed by atoms with E-state index in [1.54, 1.807) is 0 Å². The van der Waals surface area contributed by atoms with Crippen LogP contribution in [0.15, 0.2) is 0 Å². The third kappa shape index (κ3) is 2.81. The normalized spacial score (nSPS) is 24.3. The highest BCUT2D eigenvalue weighted by molar-refractivity contribution is 5.69. The number of likely N-dealkylation sites (tertiary alicyclic amines) is 1. The molecule has 0 bridgehead atoms. The van der Waals surface area contributed by atoms with Crippen molar-refractivity contribution in [1.29, 1.82) is 0 Å². The molecule has 0 N–H and O–H groups in total. The van der Waals surface area contributed by atoms with Gasteiger partial charge in [-0.3, -0.25) is 4.79 Å². The van der Waals surface area contributed by atoms with Gasteiger partial charge in [0, 0.05) is 13.0 Å². The van der Waals surface area contributed by atoms with E-state index in [2.05, 4.69) is 11.9 Å². The van der Waals surface area contributed by atoms with Crippen LogP contribution in [0, 0.1) is 5.92 Å². The lowest BCUT2D eigenvalue weighted by Gasteiger charge is -2.08. The molecule has 0 radical (unpaired) electrons. The molecule has 0 saturated carbocycles. The van der Waals surface area contributed by atoms with Crippen LogP contribution in [0.25, 0.3) is 0 Å². The molecule has 0 aliphatic carbocycles. The largest absolute Gasteiger partial charge is 0.466 e. The van der Waals surface area contributed by atoms with Crippen molar-refractivity contribution in [1.82, 2.24) is 4.90 Å². The minimum Gasteiger partial charge on any atom is -0.466 e. The highest BCUT2D eigenvalue weighted by Gasteiger charge is 2.22. The first kappa shape index (κ1) is 9.52. The lowest BCUT2D eigenvalue weighted by molar-refractivity contribution is -0.144. The van der Waals surface area contributed by atoms with Crippen LogP contribution in [-0.2, 0) is 9.53 Å². The van der Waals surface area contributed by atoms with Crippen LogP contribution in [0.3, 0.4) is 0 Å². The molecule has 3 nitrogen and oxygen atoms in total. The molecular weight excluding hydrogens is 154 g/mol. The van der Waals surface area contributed by atoms with Gasteiger partial charge in [0.25, 0.3) is 0 Å². The summed E-state index contributed by atoms with van der Waals surface area (Å²) in [5.41, 5.74) is 0. The Hall–Kier alpha value is -0.570. The van der Waals surface area contributed by atoms with Crippen LogP contribution in [0.5, 0.6) is 0 Å². The highest BCUT2D eigenvalue weighted by Crippen LogP contribution is 2.18. The van der Waals surface area contributed by atoms with E-state index in [0.29, 0.717) is 18.9 Å². The summed E-state index contributed by atoms with van der Waals surface area (Å²) in [4.78, 5) is 13.3. The maximum atomic E-state index is 11.1. The van der Waals surface area contributed by atoms with Gasteiger partial charge in [-0.25, -0.2) is 0 Å². The minimum atomic E-state index is -0.0437. The third-order valence-corrected chi connectivity index (χ3v) is 2.25. The third-order valence-electron chi connectivity index (χ3n) is 2.25. The van der Waals surface area contributed by atoms with E-state index in [4.69, 9.17) is 4.74 Å². The molecule has 0 aromatic carbocycles. The number of hydrogen-bond acceptors (Lipinski definition) is 3. The smallest absolute Gasteiger partial charge is 0.306 e. The van der Waals surface area contributed by atoms with Crippen molar-refractivity contribution < 1.29 is 9.53 Å². The zero-order valence-corrected chi connectivity index (χ0v) is 7.88. The van der Waals surface area contributed by atoms with Gasteiger partial charge in [-0.05, 0) is 32.9 Å². The highest BCUT2D eigenvalue weighted by atomic mass is 16.5. The monoisotopic (exact) mass is 171 g/mol. The van der Waals surface area contributed by atoms with Gasteiger partial charge in [0.05, 0.1) is 6.61 Å². The van der Waals surface area contributed by atoms with E-state index < -0.39 is 0 Å². The van der Waals surface area contributed by atoms with E-state index in [1.165, 1.54) is 0 Å². The number of carbonyl (C=O) groups is 1. The Balaban J connectivity index is 2.18. The number of hydrogen-bond donors (Lipinski definition) is 0. The summed E-state index contributed by atoms with van der Waals surface area (Å²) in [6.07, 6.45) is 1.73. The average molecular weight is 171 g/mol. The number of ether oxygens (including phenoxy) is 1. The van der Waals surface area contributed by atoms with Gasteiger partial charge in [0.15, 0.2) is 0 Å². The minimum absolute atomic E-state index is 0.0437. The summed E-state index contributed by atoms with van der Waals surface area (Å²) < 4.78 is 4.88. The van der Waals surface area contributed by atoms with Crippen molar-refractivity contribution >= 4 is 5.97 Å². The SMILES string of the molecule is CCOC(=O)C[C@H]1CCN(C)C1.